The van der Waals surface area contributed by atoms with Crippen LogP contribution in [0.3, 0.4) is 0 Å². The molecular formula is C14H16N. The van der Waals surface area contributed by atoms with Crippen molar-refractivity contribution < 1.29 is 0 Å². The van der Waals surface area contributed by atoms with Crippen molar-refractivity contribution in [1.29, 1.82) is 0 Å². The van der Waals surface area contributed by atoms with Crippen LogP contribution in [0.5, 0.6) is 0 Å². The second-order valence-electron chi connectivity index (χ2n) is 3.92. The standard InChI is InChI=1S/C14H16N/c1-3-13-8-9-14(15-13)10-12-6-4-11(2)5-7-12/h4-9,15H,1,3,10H2,2H3. The van der Waals surface area contributed by atoms with Crippen LogP contribution in [0.1, 0.15) is 22.5 Å². The zero-order valence-electron chi connectivity index (χ0n) is 9.09. The van der Waals surface area contributed by atoms with Gasteiger partial charge in [0.15, 0.2) is 0 Å². The van der Waals surface area contributed by atoms with Crippen molar-refractivity contribution >= 4 is 0 Å². The molecular weight excluding hydrogens is 182 g/mol. The number of hydrogen-bond acceptors (Lipinski definition) is 0. The fourth-order valence-electron chi connectivity index (χ4n) is 1.67. The highest BCUT2D eigenvalue weighted by molar-refractivity contribution is 5.26. The van der Waals surface area contributed by atoms with E-state index in [1.54, 1.807) is 0 Å². The minimum atomic E-state index is 0.827. The van der Waals surface area contributed by atoms with Crippen molar-refractivity contribution in [1.82, 2.24) is 4.98 Å². The van der Waals surface area contributed by atoms with Gasteiger partial charge in [-0.1, -0.05) is 29.8 Å². The van der Waals surface area contributed by atoms with Gasteiger partial charge in [0.2, 0.25) is 0 Å². The predicted molar refractivity (Wildman–Crippen MR) is 63.8 cm³/mol. The molecule has 1 N–H and O–H groups in total. The van der Waals surface area contributed by atoms with Crippen LogP contribution in [0.25, 0.3) is 0 Å². The average molecular weight is 198 g/mol. The van der Waals surface area contributed by atoms with Crippen molar-refractivity contribution in [2.24, 2.45) is 0 Å². The van der Waals surface area contributed by atoms with E-state index in [2.05, 4.69) is 55.2 Å². The van der Waals surface area contributed by atoms with Gasteiger partial charge in [0.05, 0.1) is 0 Å². The molecule has 0 unspecified atom stereocenters. The van der Waals surface area contributed by atoms with Crippen molar-refractivity contribution in [3.63, 3.8) is 0 Å². The predicted octanol–water partition coefficient (Wildman–Crippen LogP) is 3.29. The largest absolute Gasteiger partial charge is 0.362 e. The highest BCUT2D eigenvalue weighted by atomic mass is 14.7. The summed E-state index contributed by atoms with van der Waals surface area (Å²) in [4.78, 5) is 3.36. The Morgan fingerprint density at radius 3 is 2.27 bits per heavy atom. The summed E-state index contributed by atoms with van der Waals surface area (Å²) in [7, 11) is 0. The van der Waals surface area contributed by atoms with Crippen LogP contribution < -0.4 is 0 Å². The molecule has 0 amide bonds. The summed E-state index contributed by atoms with van der Waals surface area (Å²) in [5, 5.41) is 0. The molecule has 1 nitrogen and oxygen atoms in total. The van der Waals surface area contributed by atoms with Crippen LogP contribution in [-0.2, 0) is 12.8 Å². The van der Waals surface area contributed by atoms with Gasteiger partial charge in [0.1, 0.15) is 0 Å². The molecule has 0 fully saturated rings. The van der Waals surface area contributed by atoms with Gasteiger partial charge in [-0.2, -0.15) is 0 Å². The van der Waals surface area contributed by atoms with Crippen molar-refractivity contribution in [2.75, 3.05) is 0 Å². The second-order valence-corrected chi connectivity index (χ2v) is 3.92. The average Bonchev–Trinajstić information content (AvgIpc) is 2.69. The molecule has 0 bridgehead atoms. The Labute approximate surface area is 91.2 Å². The Morgan fingerprint density at radius 1 is 1.00 bits per heavy atom. The van der Waals surface area contributed by atoms with Crippen molar-refractivity contribution in [2.45, 2.75) is 19.8 Å². The molecule has 1 radical (unpaired) electrons. The van der Waals surface area contributed by atoms with E-state index in [1.807, 2.05) is 0 Å². The molecule has 1 aromatic carbocycles. The number of rotatable bonds is 3. The molecule has 0 aliphatic heterocycles. The number of aromatic amines is 1. The quantitative estimate of drug-likeness (QED) is 0.779. The molecule has 0 spiro atoms. The van der Waals surface area contributed by atoms with E-state index in [0.29, 0.717) is 0 Å². The highest BCUT2D eigenvalue weighted by Gasteiger charge is 1.98. The van der Waals surface area contributed by atoms with Crippen molar-refractivity contribution in [3.8, 4) is 0 Å². The lowest BCUT2D eigenvalue weighted by atomic mass is 10.1. The third kappa shape index (κ3) is 2.50. The van der Waals surface area contributed by atoms with Gasteiger partial charge in [0, 0.05) is 17.8 Å². The van der Waals surface area contributed by atoms with Crippen LogP contribution in [0.2, 0.25) is 0 Å². The van der Waals surface area contributed by atoms with Gasteiger partial charge < -0.3 is 4.98 Å². The zero-order valence-corrected chi connectivity index (χ0v) is 9.09. The summed E-state index contributed by atoms with van der Waals surface area (Å²) in [5.74, 6) is 0. The van der Waals surface area contributed by atoms with Gasteiger partial charge >= 0.3 is 0 Å². The molecule has 1 heterocycles. The fourth-order valence-corrected chi connectivity index (χ4v) is 1.67. The first-order chi connectivity index (χ1) is 7.28. The molecule has 0 atom stereocenters. The maximum atomic E-state index is 3.86. The lowest BCUT2D eigenvalue weighted by molar-refractivity contribution is 1.05. The van der Waals surface area contributed by atoms with Gasteiger partial charge in [0.25, 0.3) is 0 Å². The summed E-state index contributed by atoms with van der Waals surface area (Å²) in [6, 6.07) is 12.9. The molecule has 15 heavy (non-hydrogen) atoms. The summed E-state index contributed by atoms with van der Waals surface area (Å²) in [5.41, 5.74) is 5.12. The Hall–Kier alpha value is -1.50. The topological polar surface area (TPSA) is 15.8 Å². The summed E-state index contributed by atoms with van der Waals surface area (Å²) < 4.78 is 0. The summed E-state index contributed by atoms with van der Waals surface area (Å²) in [6.45, 7) is 5.97. The number of benzene rings is 1. The van der Waals surface area contributed by atoms with E-state index in [4.69, 9.17) is 0 Å². The van der Waals surface area contributed by atoms with Crippen LogP contribution in [-0.4, -0.2) is 4.98 Å². The minimum absolute atomic E-state index is 0.827. The third-order valence-electron chi connectivity index (χ3n) is 2.59. The van der Waals surface area contributed by atoms with E-state index >= 15 is 0 Å². The molecule has 2 aromatic rings. The van der Waals surface area contributed by atoms with Gasteiger partial charge in [-0.15, -0.1) is 0 Å². The Bertz CT molecular complexity index is 423. The summed E-state index contributed by atoms with van der Waals surface area (Å²) >= 11 is 0. The Morgan fingerprint density at radius 2 is 1.67 bits per heavy atom. The Kier molecular flexibility index (Phi) is 2.91. The normalized spacial score (nSPS) is 10.5. The molecule has 2 rings (SSSR count). The van der Waals surface area contributed by atoms with E-state index in [9.17, 15) is 0 Å². The molecule has 0 saturated heterocycles. The monoisotopic (exact) mass is 198 g/mol. The molecule has 0 saturated carbocycles. The molecule has 0 aliphatic rings. The van der Waals surface area contributed by atoms with E-state index in [1.165, 1.54) is 22.5 Å². The molecule has 1 aromatic heterocycles. The highest BCUT2D eigenvalue weighted by Crippen LogP contribution is 2.10. The van der Waals surface area contributed by atoms with Gasteiger partial charge in [-0.05, 0) is 38.0 Å². The number of aromatic nitrogens is 1. The maximum Gasteiger partial charge on any atom is 0.0193 e. The van der Waals surface area contributed by atoms with Crippen molar-refractivity contribution in [3.05, 3.63) is 65.8 Å². The Balaban J connectivity index is 2.11. The van der Waals surface area contributed by atoms with Crippen LogP contribution in [0.15, 0.2) is 36.4 Å². The molecule has 1 heteroatoms. The first-order valence-electron chi connectivity index (χ1n) is 5.29. The first-order valence-corrected chi connectivity index (χ1v) is 5.29. The van der Waals surface area contributed by atoms with E-state index in [0.717, 1.165) is 12.8 Å². The SMILES string of the molecule is [CH2]Cc1ccc(Cc2ccc(C)cc2)[nH]1. The van der Waals surface area contributed by atoms with Gasteiger partial charge in [-0.3, -0.25) is 0 Å². The van der Waals surface area contributed by atoms with E-state index in [-0.39, 0.29) is 0 Å². The lowest BCUT2D eigenvalue weighted by Gasteiger charge is -2.00. The number of H-pyrrole nitrogens is 1. The number of aryl methyl sites for hydroxylation is 1. The molecule has 0 aliphatic carbocycles. The lowest BCUT2D eigenvalue weighted by Crippen LogP contribution is -1.89. The summed E-state index contributed by atoms with van der Waals surface area (Å²) in [6.07, 6.45) is 1.80. The smallest absolute Gasteiger partial charge is 0.0193 e. The second kappa shape index (κ2) is 4.35. The minimum Gasteiger partial charge on any atom is -0.362 e. The number of hydrogen-bond donors (Lipinski definition) is 1. The van der Waals surface area contributed by atoms with Crippen LogP contribution in [0.4, 0.5) is 0 Å². The van der Waals surface area contributed by atoms with Crippen LogP contribution in [0, 0.1) is 13.8 Å². The maximum absolute atomic E-state index is 3.86. The fraction of sp³-hybridized carbons (Fsp3) is 0.214. The van der Waals surface area contributed by atoms with Gasteiger partial charge in [-0.25, -0.2) is 0 Å². The first kappa shape index (κ1) is 10.0. The third-order valence-corrected chi connectivity index (χ3v) is 2.59. The van der Waals surface area contributed by atoms with E-state index < -0.39 is 0 Å². The molecule has 77 valence electrons. The zero-order chi connectivity index (χ0) is 10.7. The van der Waals surface area contributed by atoms with Crippen LogP contribution >= 0.6 is 0 Å². The number of nitrogens with one attached hydrogen (secondary N) is 1.